The summed E-state index contributed by atoms with van der Waals surface area (Å²) in [4.78, 5) is 13.9. The molecule has 0 unspecified atom stereocenters. The largest absolute Gasteiger partial charge is 0.329 e. The maximum Gasteiger partial charge on any atom is 0.252 e. The van der Waals surface area contributed by atoms with Crippen LogP contribution in [0.4, 0.5) is 0 Å². The highest BCUT2D eigenvalue weighted by molar-refractivity contribution is 14.1. The summed E-state index contributed by atoms with van der Waals surface area (Å²) in [6.45, 7) is 4.02. The molecule has 0 amide bonds. The Balaban J connectivity index is 3.26. The van der Waals surface area contributed by atoms with Gasteiger partial charge in [0.2, 0.25) is 0 Å². The lowest BCUT2D eigenvalue weighted by atomic mass is 10.1. The van der Waals surface area contributed by atoms with Crippen molar-refractivity contribution < 1.29 is 0 Å². The van der Waals surface area contributed by atoms with E-state index in [4.69, 9.17) is 0 Å². The van der Waals surface area contributed by atoms with E-state index in [9.17, 15) is 4.79 Å². The number of alkyl halides is 1. The third-order valence-electron chi connectivity index (χ3n) is 1.46. The number of aromatic nitrogens is 1. The van der Waals surface area contributed by atoms with Gasteiger partial charge >= 0.3 is 0 Å². The smallest absolute Gasteiger partial charge is 0.252 e. The molecule has 0 aliphatic heterocycles. The summed E-state index contributed by atoms with van der Waals surface area (Å²) in [7, 11) is 0. The topological polar surface area (TPSA) is 32.9 Å². The molecule has 60 valence electrons. The van der Waals surface area contributed by atoms with Gasteiger partial charge in [0.1, 0.15) is 0 Å². The van der Waals surface area contributed by atoms with Gasteiger partial charge in [0.15, 0.2) is 0 Å². The third-order valence-corrected chi connectivity index (χ3v) is 2.04. The number of H-pyrrole nitrogens is 1. The second kappa shape index (κ2) is 2.97. The highest BCUT2D eigenvalue weighted by Gasteiger charge is 2.18. The molecule has 1 aromatic rings. The molecule has 1 heterocycles. The van der Waals surface area contributed by atoms with Gasteiger partial charge in [-0.15, -0.1) is 0 Å². The normalized spacial score (nSPS) is 11.5. The summed E-state index contributed by atoms with van der Waals surface area (Å²) in [5, 5.41) is 0. The number of halogens is 1. The van der Waals surface area contributed by atoms with Gasteiger partial charge in [0.25, 0.3) is 5.56 Å². The summed E-state index contributed by atoms with van der Waals surface area (Å²) >= 11 is 2.25. The second-order valence-corrected chi connectivity index (χ2v) is 5.58. The molecule has 0 radical (unpaired) electrons. The van der Waals surface area contributed by atoms with Crippen LogP contribution < -0.4 is 5.56 Å². The molecule has 1 aromatic heterocycles. The fraction of sp³-hybridized carbons (Fsp3) is 0.375. The Kier molecular flexibility index (Phi) is 2.37. The van der Waals surface area contributed by atoms with Crippen LogP contribution in [0.1, 0.15) is 19.4 Å². The van der Waals surface area contributed by atoms with Crippen molar-refractivity contribution in [1.29, 1.82) is 0 Å². The zero-order valence-electron chi connectivity index (χ0n) is 6.52. The fourth-order valence-electron chi connectivity index (χ4n) is 0.890. The van der Waals surface area contributed by atoms with Gasteiger partial charge in [-0.3, -0.25) is 4.79 Å². The summed E-state index contributed by atoms with van der Waals surface area (Å²) in [6.07, 6.45) is 1.65. The van der Waals surface area contributed by atoms with Crippen LogP contribution in [-0.2, 0) is 3.42 Å². The molecular weight excluding hydrogens is 253 g/mol. The lowest BCUT2D eigenvalue weighted by molar-refractivity contribution is 0.807. The van der Waals surface area contributed by atoms with E-state index in [2.05, 4.69) is 27.6 Å². The Labute approximate surface area is 79.2 Å². The van der Waals surface area contributed by atoms with Crippen molar-refractivity contribution in [2.24, 2.45) is 0 Å². The monoisotopic (exact) mass is 263 g/mol. The van der Waals surface area contributed by atoms with E-state index in [0.29, 0.717) is 0 Å². The van der Waals surface area contributed by atoms with E-state index < -0.39 is 0 Å². The minimum absolute atomic E-state index is 0.00639. The molecule has 0 bridgehead atoms. The van der Waals surface area contributed by atoms with Gasteiger partial charge in [-0.2, -0.15) is 0 Å². The Morgan fingerprint density at radius 1 is 1.55 bits per heavy atom. The van der Waals surface area contributed by atoms with Gasteiger partial charge in [-0.25, -0.2) is 0 Å². The molecule has 11 heavy (non-hydrogen) atoms. The van der Waals surface area contributed by atoms with E-state index in [1.807, 2.05) is 26.0 Å². The second-order valence-electron chi connectivity index (χ2n) is 2.89. The quantitative estimate of drug-likeness (QED) is 0.610. The maximum atomic E-state index is 11.2. The van der Waals surface area contributed by atoms with Crippen molar-refractivity contribution in [3.8, 4) is 0 Å². The Bertz CT molecular complexity index is 297. The molecule has 0 aliphatic rings. The van der Waals surface area contributed by atoms with Crippen LogP contribution in [0.25, 0.3) is 0 Å². The molecule has 2 nitrogen and oxygen atoms in total. The molecule has 1 N–H and O–H groups in total. The highest BCUT2D eigenvalue weighted by Crippen LogP contribution is 2.27. The number of pyridine rings is 1. The number of aromatic amines is 1. The van der Waals surface area contributed by atoms with Crippen molar-refractivity contribution in [2.45, 2.75) is 17.3 Å². The Hall–Kier alpha value is -0.320. The van der Waals surface area contributed by atoms with Crippen molar-refractivity contribution in [3.63, 3.8) is 0 Å². The maximum absolute atomic E-state index is 11.2. The molecular formula is C8H10INO. The number of nitrogens with one attached hydrogen (secondary N) is 1. The van der Waals surface area contributed by atoms with Crippen molar-refractivity contribution in [3.05, 3.63) is 34.2 Å². The molecule has 0 aromatic carbocycles. The van der Waals surface area contributed by atoms with Gasteiger partial charge in [0, 0.05) is 15.2 Å². The molecule has 0 aliphatic carbocycles. The minimum Gasteiger partial charge on any atom is -0.329 e. The van der Waals surface area contributed by atoms with Crippen LogP contribution >= 0.6 is 22.6 Å². The van der Waals surface area contributed by atoms with E-state index in [-0.39, 0.29) is 8.98 Å². The van der Waals surface area contributed by atoms with Gasteiger partial charge in [-0.1, -0.05) is 28.7 Å². The highest BCUT2D eigenvalue weighted by atomic mass is 127. The number of rotatable bonds is 1. The lowest BCUT2D eigenvalue weighted by Crippen LogP contribution is -2.20. The first kappa shape index (κ1) is 8.77. The zero-order chi connectivity index (χ0) is 8.48. The van der Waals surface area contributed by atoms with E-state index >= 15 is 0 Å². The molecule has 0 saturated heterocycles. The van der Waals surface area contributed by atoms with Crippen LogP contribution in [0.15, 0.2) is 23.1 Å². The predicted molar refractivity (Wildman–Crippen MR) is 54.1 cm³/mol. The molecule has 1 rings (SSSR count). The van der Waals surface area contributed by atoms with Crippen molar-refractivity contribution >= 4 is 22.6 Å². The molecule has 0 saturated carbocycles. The zero-order valence-corrected chi connectivity index (χ0v) is 8.68. The number of hydrogen-bond donors (Lipinski definition) is 1. The van der Waals surface area contributed by atoms with Crippen LogP contribution in [0.3, 0.4) is 0 Å². The Morgan fingerprint density at radius 3 is 2.55 bits per heavy atom. The summed E-state index contributed by atoms with van der Waals surface area (Å²) in [6, 6.07) is 3.70. The molecule has 0 spiro atoms. The van der Waals surface area contributed by atoms with Crippen LogP contribution in [-0.4, -0.2) is 4.98 Å². The van der Waals surface area contributed by atoms with Crippen molar-refractivity contribution in [1.82, 2.24) is 4.98 Å². The van der Waals surface area contributed by atoms with Gasteiger partial charge < -0.3 is 4.98 Å². The van der Waals surface area contributed by atoms with Crippen LogP contribution in [0.2, 0.25) is 0 Å². The lowest BCUT2D eigenvalue weighted by Gasteiger charge is -2.14. The first-order valence-corrected chi connectivity index (χ1v) is 4.47. The first-order valence-electron chi connectivity index (χ1n) is 3.39. The van der Waals surface area contributed by atoms with E-state index in [0.717, 1.165) is 5.56 Å². The van der Waals surface area contributed by atoms with E-state index in [1.54, 1.807) is 6.20 Å². The Morgan fingerprint density at radius 2 is 2.18 bits per heavy atom. The SMILES string of the molecule is CC(C)(I)c1ccc[nH]c1=O. The van der Waals surface area contributed by atoms with E-state index in [1.165, 1.54) is 0 Å². The van der Waals surface area contributed by atoms with Gasteiger partial charge in [0.05, 0.1) is 0 Å². The summed E-state index contributed by atoms with van der Waals surface area (Å²) < 4.78 is -0.0907. The molecule has 0 atom stereocenters. The predicted octanol–water partition coefficient (Wildman–Crippen LogP) is 2.04. The average Bonchev–Trinajstić information content (AvgIpc) is 1.86. The standard InChI is InChI=1S/C8H10INO/c1-8(2,9)6-4-3-5-10-7(6)11/h3-5H,1-2H3,(H,10,11). The fourth-order valence-corrected chi connectivity index (χ4v) is 1.31. The van der Waals surface area contributed by atoms with Gasteiger partial charge in [-0.05, 0) is 19.9 Å². The number of hydrogen-bond acceptors (Lipinski definition) is 1. The molecule has 0 fully saturated rings. The third kappa shape index (κ3) is 2.05. The van der Waals surface area contributed by atoms with Crippen LogP contribution in [0.5, 0.6) is 0 Å². The average molecular weight is 263 g/mol. The summed E-state index contributed by atoms with van der Waals surface area (Å²) in [5.74, 6) is 0. The van der Waals surface area contributed by atoms with Crippen molar-refractivity contribution in [2.75, 3.05) is 0 Å². The molecule has 3 heteroatoms. The first-order chi connectivity index (χ1) is 5.02. The van der Waals surface area contributed by atoms with Crippen LogP contribution in [0, 0.1) is 0 Å². The minimum atomic E-state index is -0.0907. The summed E-state index contributed by atoms with van der Waals surface area (Å²) in [5.41, 5.74) is 0.826.